The van der Waals surface area contributed by atoms with Crippen LogP contribution in [0.4, 0.5) is 0 Å². The number of rotatable bonds is 6. The molecular weight excluding hydrogens is 414 g/mol. The number of carbonyl (C=O) groups is 2. The molecule has 4 rings (SSSR count). The number of hydrogen-bond acceptors (Lipinski definition) is 5. The average Bonchev–Trinajstić information content (AvgIpc) is 3.27. The van der Waals surface area contributed by atoms with Crippen LogP contribution in [0.25, 0.3) is 0 Å². The molecule has 0 unspecified atom stereocenters. The first-order chi connectivity index (χ1) is 16.0. The maximum absolute atomic E-state index is 13.5. The molecule has 2 aromatic carbocycles. The summed E-state index contributed by atoms with van der Waals surface area (Å²) in [5.41, 5.74) is 5.49. The van der Waals surface area contributed by atoms with E-state index < -0.39 is 0 Å². The number of piperidine rings is 1. The van der Waals surface area contributed by atoms with Crippen LogP contribution in [0.2, 0.25) is 0 Å². The fraction of sp³-hybridized carbons (Fsp3) is 0.444. The van der Waals surface area contributed by atoms with E-state index in [4.69, 9.17) is 9.84 Å². The van der Waals surface area contributed by atoms with Crippen molar-refractivity contribution in [1.29, 1.82) is 0 Å². The number of aryl methyl sites for hydroxylation is 2. The van der Waals surface area contributed by atoms with Crippen LogP contribution in [0.15, 0.2) is 53.6 Å². The Bertz CT molecular complexity index is 1030. The summed E-state index contributed by atoms with van der Waals surface area (Å²) in [4.78, 5) is 27.6. The lowest BCUT2D eigenvalue weighted by Gasteiger charge is -2.32. The molecule has 6 nitrogen and oxygen atoms in total. The third kappa shape index (κ3) is 5.33. The van der Waals surface area contributed by atoms with Crippen molar-refractivity contribution in [1.82, 2.24) is 9.91 Å². The lowest BCUT2D eigenvalue weighted by Crippen LogP contribution is -2.43. The van der Waals surface area contributed by atoms with Crippen molar-refractivity contribution in [2.75, 3.05) is 26.2 Å². The highest BCUT2D eigenvalue weighted by atomic mass is 16.5. The SMILES string of the molecule is CCOC(=O)C1CCN(CC(=O)N2N=C(c3ccccc3)C[C@@H]2c2cc(C)ccc2C)CC1. The van der Waals surface area contributed by atoms with Crippen molar-refractivity contribution in [3.8, 4) is 0 Å². The number of amides is 1. The van der Waals surface area contributed by atoms with Gasteiger partial charge in [-0.3, -0.25) is 14.5 Å². The Morgan fingerprint density at radius 1 is 1.06 bits per heavy atom. The molecule has 2 aromatic rings. The largest absolute Gasteiger partial charge is 0.466 e. The van der Waals surface area contributed by atoms with Crippen LogP contribution in [0.1, 0.15) is 54.5 Å². The molecule has 174 valence electrons. The van der Waals surface area contributed by atoms with Crippen molar-refractivity contribution in [2.45, 2.75) is 46.1 Å². The van der Waals surface area contributed by atoms with Crippen LogP contribution in [-0.4, -0.2) is 53.7 Å². The van der Waals surface area contributed by atoms with Gasteiger partial charge in [-0.15, -0.1) is 0 Å². The van der Waals surface area contributed by atoms with Gasteiger partial charge in [-0.25, -0.2) is 5.01 Å². The lowest BCUT2D eigenvalue weighted by atomic mass is 9.94. The number of hydrazone groups is 1. The number of esters is 1. The van der Waals surface area contributed by atoms with Gasteiger partial charge in [-0.05, 0) is 63.4 Å². The Morgan fingerprint density at radius 3 is 2.48 bits per heavy atom. The van der Waals surface area contributed by atoms with E-state index in [1.165, 1.54) is 11.1 Å². The van der Waals surface area contributed by atoms with Gasteiger partial charge >= 0.3 is 5.97 Å². The Labute approximate surface area is 196 Å². The minimum Gasteiger partial charge on any atom is -0.466 e. The molecule has 0 bridgehead atoms. The molecule has 0 spiro atoms. The van der Waals surface area contributed by atoms with Crippen LogP contribution in [0, 0.1) is 19.8 Å². The van der Waals surface area contributed by atoms with Crippen molar-refractivity contribution >= 4 is 17.6 Å². The normalized spacial score (nSPS) is 19.4. The lowest BCUT2D eigenvalue weighted by molar-refractivity contribution is -0.149. The average molecular weight is 448 g/mol. The summed E-state index contributed by atoms with van der Waals surface area (Å²) in [6, 6.07) is 16.4. The van der Waals surface area contributed by atoms with Crippen LogP contribution in [0.5, 0.6) is 0 Å². The number of hydrogen-bond donors (Lipinski definition) is 0. The first-order valence-electron chi connectivity index (χ1n) is 11.9. The van der Waals surface area contributed by atoms with Gasteiger partial charge in [0.15, 0.2) is 0 Å². The summed E-state index contributed by atoms with van der Waals surface area (Å²) >= 11 is 0. The Morgan fingerprint density at radius 2 is 1.79 bits per heavy atom. The van der Waals surface area contributed by atoms with E-state index in [9.17, 15) is 9.59 Å². The van der Waals surface area contributed by atoms with E-state index >= 15 is 0 Å². The number of benzene rings is 2. The molecule has 0 saturated carbocycles. The molecule has 1 amide bonds. The molecule has 2 aliphatic rings. The van der Waals surface area contributed by atoms with Gasteiger partial charge in [-0.2, -0.15) is 5.10 Å². The van der Waals surface area contributed by atoms with E-state index in [-0.39, 0.29) is 23.8 Å². The number of likely N-dealkylation sites (tertiary alicyclic amines) is 1. The summed E-state index contributed by atoms with van der Waals surface area (Å²) in [6.45, 7) is 8.16. The van der Waals surface area contributed by atoms with Crippen molar-refractivity contribution in [3.05, 3.63) is 70.8 Å². The zero-order chi connectivity index (χ0) is 23.4. The second kappa shape index (κ2) is 10.3. The Kier molecular flexibility index (Phi) is 7.23. The molecule has 1 atom stereocenters. The van der Waals surface area contributed by atoms with Gasteiger partial charge in [0.05, 0.1) is 30.8 Å². The maximum atomic E-state index is 13.5. The zero-order valence-electron chi connectivity index (χ0n) is 19.8. The van der Waals surface area contributed by atoms with E-state index in [1.807, 2.05) is 37.3 Å². The monoisotopic (exact) mass is 447 g/mol. The van der Waals surface area contributed by atoms with Crippen LogP contribution < -0.4 is 0 Å². The van der Waals surface area contributed by atoms with E-state index in [0.717, 1.165) is 29.7 Å². The molecule has 33 heavy (non-hydrogen) atoms. The van der Waals surface area contributed by atoms with E-state index in [2.05, 4.69) is 36.9 Å². The van der Waals surface area contributed by atoms with Gasteiger partial charge in [0.25, 0.3) is 5.91 Å². The molecule has 2 aliphatic heterocycles. The van der Waals surface area contributed by atoms with Crippen molar-refractivity contribution in [2.24, 2.45) is 11.0 Å². The van der Waals surface area contributed by atoms with E-state index in [1.54, 1.807) is 5.01 Å². The van der Waals surface area contributed by atoms with Crippen molar-refractivity contribution < 1.29 is 14.3 Å². The minimum atomic E-state index is -0.116. The molecule has 1 fully saturated rings. The highest BCUT2D eigenvalue weighted by molar-refractivity contribution is 6.03. The predicted octanol–water partition coefficient (Wildman–Crippen LogP) is 4.26. The molecule has 0 aromatic heterocycles. The second-order valence-corrected chi connectivity index (χ2v) is 9.03. The molecular formula is C27H33N3O3. The summed E-state index contributed by atoms with van der Waals surface area (Å²) < 4.78 is 5.17. The number of ether oxygens (including phenoxy) is 1. The fourth-order valence-electron chi connectivity index (χ4n) is 4.76. The fourth-order valence-corrected chi connectivity index (χ4v) is 4.76. The van der Waals surface area contributed by atoms with Gasteiger partial charge in [0.2, 0.25) is 0 Å². The minimum absolute atomic E-state index is 0.00132. The smallest absolute Gasteiger partial charge is 0.309 e. The molecule has 0 N–H and O–H groups in total. The number of carbonyl (C=O) groups excluding carboxylic acids is 2. The topological polar surface area (TPSA) is 62.2 Å². The van der Waals surface area contributed by atoms with Gasteiger partial charge in [0, 0.05) is 6.42 Å². The quantitative estimate of drug-likeness (QED) is 0.621. The first-order valence-corrected chi connectivity index (χ1v) is 11.9. The second-order valence-electron chi connectivity index (χ2n) is 9.03. The summed E-state index contributed by atoms with van der Waals surface area (Å²) in [5, 5.41) is 6.52. The highest BCUT2D eigenvalue weighted by Gasteiger charge is 2.35. The molecule has 6 heteroatoms. The third-order valence-electron chi connectivity index (χ3n) is 6.63. The predicted molar refractivity (Wildman–Crippen MR) is 129 cm³/mol. The van der Waals surface area contributed by atoms with E-state index in [0.29, 0.717) is 32.7 Å². The summed E-state index contributed by atoms with van der Waals surface area (Å²) in [7, 11) is 0. The standard InChI is InChI=1S/C27H33N3O3/c1-4-33-27(32)22-12-14-29(15-13-22)18-26(31)30-25(23-16-19(2)10-11-20(23)3)17-24(28-30)21-8-6-5-7-9-21/h5-11,16,22,25H,4,12-15,17-18H2,1-3H3/t25-/m1/s1. The van der Waals surface area contributed by atoms with Gasteiger partial charge in [-0.1, -0.05) is 54.1 Å². The molecule has 0 aliphatic carbocycles. The van der Waals surface area contributed by atoms with Crippen LogP contribution in [-0.2, 0) is 14.3 Å². The summed E-state index contributed by atoms with van der Waals surface area (Å²) in [5.74, 6) is -0.176. The van der Waals surface area contributed by atoms with Crippen LogP contribution >= 0.6 is 0 Å². The Hall–Kier alpha value is -2.99. The van der Waals surface area contributed by atoms with Gasteiger partial charge in [0.1, 0.15) is 0 Å². The summed E-state index contributed by atoms with van der Waals surface area (Å²) in [6.07, 6.45) is 2.15. The maximum Gasteiger partial charge on any atom is 0.309 e. The first kappa shape index (κ1) is 23.2. The molecule has 1 saturated heterocycles. The zero-order valence-corrected chi connectivity index (χ0v) is 19.8. The van der Waals surface area contributed by atoms with Crippen molar-refractivity contribution in [3.63, 3.8) is 0 Å². The van der Waals surface area contributed by atoms with Gasteiger partial charge < -0.3 is 4.74 Å². The third-order valence-corrected chi connectivity index (χ3v) is 6.63. The highest BCUT2D eigenvalue weighted by Crippen LogP contribution is 2.35. The molecule has 0 radical (unpaired) electrons. The molecule has 2 heterocycles. The number of nitrogens with zero attached hydrogens (tertiary/aromatic N) is 3. The Balaban J connectivity index is 1.51. The van der Waals surface area contributed by atoms with Crippen LogP contribution in [0.3, 0.4) is 0 Å².